The molecule has 1 amide bonds. The van der Waals surface area contributed by atoms with Gasteiger partial charge in [0.15, 0.2) is 0 Å². The maximum Gasteiger partial charge on any atom is 0.252 e. The van der Waals surface area contributed by atoms with Crippen LogP contribution in [0.1, 0.15) is 33.0 Å². The molecule has 1 N–H and O–H groups in total. The first-order valence-corrected chi connectivity index (χ1v) is 8.35. The van der Waals surface area contributed by atoms with Gasteiger partial charge in [-0.3, -0.25) is 4.79 Å². The SMILES string of the molecule is Cc1cc(C(=O)N[C@@H]2CCCN(c3ncccn3)C2)c(C)s1. The predicted molar refractivity (Wildman–Crippen MR) is 88.5 cm³/mol. The zero-order chi connectivity index (χ0) is 15.5. The second-order valence-electron chi connectivity index (χ2n) is 5.63. The second kappa shape index (κ2) is 6.44. The van der Waals surface area contributed by atoms with Crippen molar-refractivity contribution in [3.63, 3.8) is 0 Å². The minimum absolute atomic E-state index is 0.0303. The van der Waals surface area contributed by atoms with Crippen molar-refractivity contribution in [3.05, 3.63) is 39.8 Å². The molecule has 3 heterocycles. The molecule has 2 aromatic heterocycles. The Morgan fingerprint density at radius 3 is 2.82 bits per heavy atom. The number of aromatic nitrogens is 2. The van der Waals surface area contributed by atoms with Gasteiger partial charge in [-0.25, -0.2) is 9.97 Å². The summed E-state index contributed by atoms with van der Waals surface area (Å²) in [5.41, 5.74) is 0.801. The summed E-state index contributed by atoms with van der Waals surface area (Å²) >= 11 is 1.67. The zero-order valence-corrected chi connectivity index (χ0v) is 13.7. The van der Waals surface area contributed by atoms with E-state index in [1.54, 1.807) is 23.7 Å². The highest BCUT2D eigenvalue weighted by molar-refractivity contribution is 7.12. The normalized spacial score (nSPS) is 18.3. The molecule has 1 aliphatic rings. The van der Waals surface area contributed by atoms with Crippen molar-refractivity contribution in [1.82, 2.24) is 15.3 Å². The number of thiophene rings is 1. The minimum Gasteiger partial charge on any atom is -0.347 e. The van der Waals surface area contributed by atoms with Gasteiger partial charge in [0, 0.05) is 41.3 Å². The smallest absolute Gasteiger partial charge is 0.252 e. The molecule has 0 aromatic carbocycles. The van der Waals surface area contributed by atoms with Crippen molar-refractivity contribution in [3.8, 4) is 0 Å². The summed E-state index contributed by atoms with van der Waals surface area (Å²) in [5, 5.41) is 3.16. The van der Waals surface area contributed by atoms with Gasteiger partial charge in [0.05, 0.1) is 5.56 Å². The molecule has 1 aliphatic heterocycles. The molecule has 116 valence electrons. The third-order valence-electron chi connectivity index (χ3n) is 3.88. The first kappa shape index (κ1) is 15.0. The fourth-order valence-corrected chi connectivity index (χ4v) is 3.77. The molecule has 1 saturated heterocycles. The molecule has 0 spiro atoms. The van der Waals surface area contributed by atoms with Crippen LogP contribution in [0.2, 0.25) is 0 Å². The minimum atomic E-state index is 0.0303. The van der Waals surface area contributed by atoms with Gasteiger partial charge in [0.1, 0.15) is 0 Å². The highest BCUT2D eigenvalue weighted by Crippen LogP contribution is 2.21. The monoisotopic (exact) mass is 316 g/mol. The van der Waals surface area contributed by atoms with Crippen LogP contribution in [-0.4, -0.2) is 35.0 Å². The Bertz CT molecular complexity index is 655. The highest BCUT2D eigenvalue weighted by atomic mass is 32.1. The van der Waals surface area contributed by atoms with Gasteiger partial charge in [0.25, 0.3) is 5.91 Å². The van der Waals surface area contributed by atoms with Crippen molar-refractivity contribution in [2.24, 2.45) is 0 Å². The number of amides is 1. The standard InChI is InChI=1S/C16H20N4OS/c1-11-9-14(12(2)22-11)15(21)19-13-5-3-8-20(10-13)16-17-6-4-7-18-16/h4,6-7,9,13H,3,5,8,10H2,1-2H3,(H,19,21)/t13-/m1/s1. The van der Waals surface area contributed by atoms with E-state index in [0.29, 0.717) is 0 Å². The van der Waals surface area contributed by atoms with Gasteiger partial charge in [-0.15, -0.1) is 11.3 Å². The third-order valence-corrected chi connectivity index (χ3v) is 4.84. The van der Waals surface area contributed by atoms with Crippen molar-refractivity contribution in [2.45, 2.75) is 32.7 Å². The lowest BCUT2D eigenvalue weighted by molar-refractivity contribution is 0.0933. The highest BCUT2D eigenvalue weighted by Gasteiger charge is 2.24. The van der Waals surface area contributed by atoms with Crippen molar-refractivity contribution in [1.29, 1.82) is 0 Å². The molecule has 2 aromatic rings. The summed E-state index contributed by atoms with van der Waals surface area (Å²) < 4.78 is 0. The molecule has 0 unspecified atom stereocenters. The van der Waals surface area contributed by atoms with Crippen LogP contribution in [0.3, 0.4) is 0 Å². The molecule has 0 saturated carbocycles. The Morgan fingerprint density at radius 1 is 1.36 bits per heavy atom. The van der Waals surface area contributed by atoms with Gasteiger partial charge in [-0.2, -0.15) is 0 Å². The summed E-state index contributed by atoms with van der Waals surface area (Å²) in [7, 11) is 0. The van der Waals surface area contributed by atoms with Crippen LogP contribution in [0.25, 0.3) is 0 Å². The summed E-state index contributed by atoms with van der Waals surface area (Å²) in [6.07, 6.45) is 5.53. The summed E-state index contributed by atoms with van der Waals surface area (Å²) in [6, 6.07) is 3.93. The molecule has 0 bridgehead atoms. The Labute approximate surface area is 134 Å². The average Bonchev–Trinajstić information content (AvgIpc) is 2.87. The van der Waals surface area contributed by atoms with Crippen LogP contribution in [0.15, 0.2) is 24.5 Å². The number of hydrogen-bond acceptors (Lipinski definition) is 5. The molecule has 1 atom stereocenters. The van der Waals surface area contributed by atoms with Crippen LogP contribution < -0.4 is 10.2 Å². The van der Waals surface area contributed by atoms with Gasteiger partial charge in [-0.05, 0) is 38.8 Å². The van der Waals surface area contributed by atoms with E-state index >= 15 is 0 Å². The number of nitrogens with one attached hydrogen (secondary N) is 1. The fraction of sp³-hybridized carbons (Fsp3) is 0.438. The third kappa shape index (κ3) is 3.27. The quantitative estimate of drug-likeness (QED) is 0.945. The molecule has 0 radical (unpaired) electrons. The van der Waals surface area contributed by atoms with Crippen molar-refractivity contribution >= 4 is 23.2 Å². The van der Waals surface area contributed by atoms with E-state index < -0.39 is 0 Å². The molecule has 1 fully saturated rings. The first-order valence-electron chi connectivity index (χ1n) is 7.53. The number of rotatable bonds is 3. The summed E-state index contributed by atoms with van der Waals surface area (Å²) in [5.74, 6) is 0.770. The number of nitrogens with zero attached hydrogens (tertiary/aromatic N) is 3. The summed E-state index contributed by atoms with van der Waals surface area (Å²) in [4.78, 5) is 25.4. The van der Waals surface area contributed by atoms with E-state index in [2.05, 4.69) is 20.2 Å². The zero-order valence-electron chi connectivity index (χ0n) is 12.9. The Hall–Kier alpha value is -1.95. The number of carbonyl (C=O) groups excluding carboxylic acids is 1. The lowest BCUT2D eigenvalue weighted by atomic mass is 10.1. The van der Waals surface area contributed by atoms with E-state index in [1.165, 1.54) is 4.88 Å². The predicted octanol–water partition coefficient (Wildman–Crippen LogP) is 2.55. The van der Waals surface area contributed by atoms with Crippen LogP contribution >= 0.6 is 11.3 Å². The molecule has 22 heavy (non-hydrogen) atoms. The maximum atomic E-state index is 12.4. The van der Waals surface area contributed by atoms with Crippen LogP contribution in [-0.2, 0) is 0 Å². The van der Waals surface area contributed by atoms with Gasteiger partial charge >= 0.3 is 0 Å². The van der Waals surface area contributed by atoms with E-state index in [9.17, 15) is 4.79 Å². The van der Waals surface area contributed by atoms with E-state index in [1.807, 2.05) is 26.0 Å². The molecular formula is C16H20N4OS. The van der Waals surface area contributed by atoms with E-state index in [0.717, 1.165) is 42.3 Å². The van der Waals surface area contributed by atoms with Gasteiger partial charge in [0.2, 0.25) is 5.95 Å². The molecular weight excluding hydrogens is 296 g/mol. The molecule has 3 rings (SSSR count). The molecule has 5 nitrogen and oxygen atoms in total. The molecule has 0 aliphatic carbocycles. The number of aryl methyl sites for hydroxylation is 2. The number of anilines is 1. The second-order valence-corrected chi connectivity index (χ2v) is 7.09. The average molecular weight is 316 g/mol. The lowest BCUT2D eigenvalue weighted by Crippen LogP contribution is -2.48. The Morgan fingerprint density at radius 2 is 2.14 bits per heavy atom. The number of carbonyl (C=O) groups is 1. The van der Waals surface area contributed by atoms with E-state index in [-0.39, 0.29) is 11.9 Å². The van der Waals surface area contributed by atoms with Gasteiger partial charge in [-0.1, -0.05) is 0 Å². The fourth-order valence-electron chi connectivity index (χ4n) is 2.85. The van der Waals surface area contributed by atoms with Crippen molar-refractivity contribution in [2.75, 3.05) is 18.0 Å². The molecule has 6 heteroatoms. The number of piperidine rings is 1. The topological polar surface area (TPSA) is 58.1 Å². The first-order chi connectivity index (χ1) is 10.6. The Kier molecular flexibility index (Phi) is 4.38. The largest absolute Gasteiger partial charge is 0.347 e. The number of hydrogen-bond donors (Lipinski definition) is 1. The van der Waals surface area contributed by atoms with Gasteiger partial charge < -0.3 is 10.2 Å². The maximum absolute atomic E-state index is 12.4. The Balaban J connectivity index is 1.65. The lowest BCUT2D eigenvalue weighted by Gasteiger charge is -2.33. The van der Waals surface area contributed by atoms with E-state index in [4.69, 9.17) is 0 Å². The van der Waals surface area contributed by atoms with Crippen LogP contribution in [0.4, 0.5) is 5.95 Å². The van der Waals surface area contributed by atoms with Crippen molar-refractivity contribution < 1.29 is 4.79 Å². The van der Waals surface area contributed by atoms with Crippen LogP contribution in [0.5, 0.6) is 0 Å². The van der Waals surface area contributed by atoms with Crippen LogP contribution in [0, 0.1) is 13.8 Å². The summed E-state index contributed by atoms with van der Waals surface area (Å²) in [6.45, 7) is 5.73.